The van der Waals surface area contributed by atoms with Crippen molar-refractivity contribution in [3.05, 3.63) is 56.0 Å². The lowest BCUT2D eigenvalue weighted by atomic mass is 10.00. The normalized spacial score (nSPS) is 15.1. The van der Waals surface area contributed by atoms with Crippen LogP contribution >= 0.6 is 31.9 Å². The first kappa shape index (κ1) is 18.7. The number of alkyl halides is 3. The first-order valence-corrected chi connectivity index (χ1v) is 8.63. The summed E-state index contributed by atoms with van der Waals surface area (Å²) >= 11 is 6.33. The topological polar surface area (TPSA) is 66.4 Å². The molecule has 0 radical (unpaired) electrons. The molecule has 26 heavy (non-hydrogen) atoms. The number of benzene rings is 2. The van der Waals surface area contributed by atoms with Crippen molar-refractivity contribution in [2.45, 2.75) is 6.18 Å². The van der Waals surface area contributed by atoms with Crippen LogP contribution in [0.15, 0.2) is 39.3 Å². The largest absolute Gasteiger partial charge is 0.506 e. The summed E-state index contributed by atoms with van der Waals surface area (Å²) in [7, 11) is 0. The van der Waals surface area contributed by atoms with Gasteiger partial charge in [0, 0.05) is 22.4 Å². The van der Waals surface area contributed by atoms with Crippen molar-refractivity contribution in [2.24, 2.45) is 0 Å². The SMILES string of the molecule is O=C1Nc2ccc(C(=O)C(F)(F)F)cc2/C1=C/c1cc(Br)c(O)c(Br)c1. The highest BCUT2D eigenvalue weighted by Crippen LogP contribution is 2.38. The minimum absolute atomic E-state index is 0.0264. The Bertz CT molecular complexity index is 961. The van der Waals surface area contributed by atoms with E-state index in [9.17, 15) is 27.9 Å². The Morgan fingerprint density at radius 1 is 1.12 bits per heavy atom. The summed E-state index contributed by atoms with van der Waals surface area (Å²) in [5.74, 6) is -2.51. The molecule has 0 unspecified atom stereocenters. The van der Waals surface area contributed by atoms with E-state index in [1.165, 1.54) is 12.1 Å². The molecule has 1 aliphatic heterocycles. The Hall–Kier alpha value is -2.13. The Labute approximate surface area is 162 Å². The highest BCUT2D eigenvalue weighted by molar-refractivity contribution is 9.11. The first-order chi connectivity index (χ1) is 12.1. The fourth-order valence-corrected chi connectivity index (χ4v) is 3.69. The average Bonchev–Trinajstić information content (AvgIpc) is 2.86. The van der Waals surface area contributed by atoms with Gasteiger partial charge in [-0.05, 0) is 73.8 Å². The molecule has 9 heteroatoms. The quantitative estimate of drug-likeness (QED) is 0.451. The molecule has 0 atom stereocenters. The summed E-state index contributed by atoms with van der Waals surface area (Å²) in [6.45, 7) is 0. The number of hydrogen-bond acceptors (Lipinski definition) is 3. The second-order valence-corrected chi connectivity index (χ2v) is 7.14. The van der Waals surface area contributed by atoms with E-state index in [1.807, 2.05) is 0 Å². The van der Waals surface area contributed by atoms with Crippen molar-refractivity contribution >= 4 is 60.9 Å². The number of amides is 1. The van der Waals surface area contributed by atoms with Crippen LogP contribution in [0.25, 0.3) is 11.6 Å². The predicted octanol–water partition coefficient (Wildman–Crippen LogP) is 5.15. The number of fused-ring (bicyclic) bond motifs is 1. The van der Waals surface area contributed by atoms with E-state index in [2.05, 4.69) is 37.2 Å². The zero-order valence-electron chi connectivity index (χ0n) is 12.6. The molecule has 2 aromatic carbocycles. The summed E-state index contributed by atoms with van der Waals surface area (Å²) < 4.78 is 38.7. The highest BCUT2D eigenvalue weighted by Gasteiger charge is 2.40. The maximum Gasteiger partial charge on any atom is 0.454 e. The first-order valence-electron chi connectivity index (χ1n) is 7.05. The molecule has 1 aliphatic rings. The van der Waals surface area contributed by atoms with Crippen molar-refractivity contribution in [1.82, 2.24) is 0 Å². The molecule has 2 aromatic rings. The molecule has 0 bridgehead atoms. The molecule has 4 nitrogen and oxygen atoms in total. The van der Waals surface area contributed by atoms with E-state index in [-0.39, 0.29) is 16.9 Å². The van der Waals surface area contributed by atoms with Crippen molar-refractivity contribution in [2.75, 3.05) is 5.32 Å². The van der Waals surface area contributed by atoms with Crippen molar-refractivity contribution in [3.8, 4) is 5.75 Å². The number of Topliss-reactive ketones (excluding diaryl/α,β-unsaturated/α-hetero) is 1. The van der Waals surface area contributed by atoms with Crippen LogP contribution in [0.5, 0.6) is 5.75 Å². The van der Waals surface area contributed by atoms with E-state index in [1.54, 1.807) is 12.1 Å². The summed E-state index contributed by atoms with van der Waals surface area (Å²) in [4.78, 5) is 23.6. The smallest absolute Gasteiger partial charge is 0.454 e. The van der Waals surface area contributed by atoms with Gasteiger partial charge in [-0.15, -0.1) is 0 Å². The lowest BCUT2D eigenvalue weighted by Crippen LogP contribution is -2.22. The van der Waals surface area contributed by atoms with Crippen molar-refractivity contribution in [1.29, 1.82) is 0 Å². The summed E-state index contributed by atoms with van der Waals surface area (Å²) in [6.07, 6.45) is -3.54. The van der Waals surface area contributed by atoms with Gasteiger partial charge in [-0.1, -0.05) is 0 Å². The highest BCUT2D eigenvalue weighted by atomic mass is 79.9. The number of carbonyl (C=O) groups is 2. The molecule has 1 heterocycles. The molecule has 0 spiro atoms. The molecular formula is C17H8Br2F3NO3. The van der Waals surface area contributed by atoms with E-state index in [0.29, 0.717) is 20.2 Å². The van der Waals surface area contributed by atoms with E-state index in [4.69, 9.17) is 0 Å². The number of rotatable bonds is 2. The van der Waals surface area contributed by atoms with E-state index >= 15 is 0 Å². The van der Waals surface area contributed by atoms with Gasteiger partial charge in [0.25, 0.3) is 11.7 Å². The molecule has 0 aromatic heterocycles. The number of carbonyl (C=O) groups excluding carboxylic acids is 2. The maximum atomic E-state index is 12.7. The Morgan fingerprint density at radius 2 is 1.73 bits per heavy atom. The van der Waals surface area contributed by atoms with Crippen LogP contribution in [-0.4, -0.2) is 23.0 Å². The lowest BCUT2D eigenvalue weighted by molar-refractivity contribution is -0.110. The zero-order valence-corrected chi connectivity index (χ0v) is 15.8. The molecule has 1 amide bonds. The molecule has 0 fully saturated rings. The molecule has 0 aliphatic carbocycles. The Morgan fingerprint density at radius 3 is 2.31 bits per heavy atom. The Balaban J connectivity index is 2.10. The van der Waals surface area contributed by atoms with Crippen LogP contribution < -0.4 is 5.32 Å². The van der Waals surface area contributed by atoms with E-state index < -0.39 is 23.4 Å². The van der Waals surface area contributed by atoms with Gasteiger partial charge in [-0.2, -0.15) is 13.2 Å². The molecule has 3 rings (SSSR count). The minimum atomic E-state index is -5.00. The number of ketones is 1. The fraction of sp³-hybridized carbons (Fsp3) is 0.0588. The van der Waals surface area contributed by atoms with Gasteiger partial charge in [-0.3, -0.25) is 9.59 Å². The summed E-state index contributed by atoms with van der Waals surface area (Å²) in [5, 5.41) is 12.3. The second-order valence-electron chi connectivity index (χ2n) is 5.43. The third-order valence-electron chi connectivity index (χ3n) is 3.67. The summed E-state index contributed by atoms with van der Waals surface area (Å²) in [6, 6.07) is 6.41. The van der Waals surface area contributed by atoms with Gasteiger partial charge in [0.2, 0.25) is 0 Å². The van der Waals surface area contributed by atoms with Gasteiger partial charge in [0.1, 0.15) is 5.75 Å². The molecule has 0 saturated heterocycles. The Kier molecular flexibility index (Phi) is 4.70. The van der Waals surface area contributed by atoms with Gasteiger partial charge in [0.05, 0.1) is 8.95 Å². The molecule has 134 valence electrons. The number of phenolic OH excluding ortho intramolecular Hbond substituents is 1. The average molecular weight is 491 g/mol. The monoisotopic (exact) mass is 489 g/mol. The standard InChI is InChI=1S/C17H8Br2F3NO3/c18-11-4-7(5-12(19)14(11)24)3-10-9-6-8(15(25)17(20,21)22)1-2-13(9)23-16(10)26/h1-6,24H,(H,23,26)/b10-3-. The van der Waals surface area contributed by atoms with E-state index in [0.717, 1.165) is 12.1 Å². The fourth-order valence-electron chi connectivity index (χ4n) is 2.47. The van der Waals surface area contributed by atoms with Crippen LogP contribution in [-0.2, 0) is 4.79 Å². The van der Waals surface area contributed by atoms with Gasteiger partial charge in [-0.25, -0.2) is 0 Å². The van der Waals surface area contributed by atoms with Crippen molar-refractivity contribution < 1.29 is 27.9 Å². The predicted molar refractivity (Wildman–Crippen MR) is 96.8 cm³/mol. The van der Waals surface area contributed by atoms with Gasteiger partial charge >= 0.3 is 6.18 Å². The zero-order chi connectivity index (χ0) is 19.2. The number of hydrogen-bond donors (Lipinski definition) is 2. The number of aromatic hydroxyl groups is 1. The van der Waals surface area contributed by atoms with Crippen LogP contribution in [0.4, 0.5) is 18.9 Å². The number of phenols is 1. The molecule has 2 N–H and O–H groups in total. The van der Waals surface area contributed by atoms with Crippen LogP contribution in [0.2, 0.25) is 0 Å². The summed E-state index contributed by atoms with van der Waals surface area (Å²) in [5.41, 5.74) is 0.599. The van der Waals surface area contributed by atoms with Crippen molar-refractivity contribution in [3.63, 3.8) is 0 Å². The minimum Gasteiger partial charge on any atom is -0.506 e. The number of anilines is 1. The lowest BCUT2D eigenvalue weighted by Gasteiger charge is -2.07. The van der Waals surface area contributed by atoms with Gasteiger partial charge < -0.3 is 10.4 Å². The van der Waals surface area contributed by atoms with Gasteiger partial charge in [0.15, 0.2) is 0 Å². The third kappa shape index (κ3) is 3.41. The van der Waals surface area contributed by atoms with Crippen LogP contribution in [0.3, 0.4) is 0 Å². The molecule has 0 saturated carbocycles. The second kappa shape index (κ2) is 6.55. The number of nitrogens with one attached hydrogen (secondary N) is 1. The van der Waals surface area contributed by atoms with Crippen LogP contribution in [0, 0.1) is 0 Å². The third-order valence-corrected chi connectivity index (χ3v) is 4.88. The maximum absolute atomic E-state index is 12.7. The molecular weight excluding hydrogens is 483 g/mol. The van der Waals surface area contributed by atoms with Crippen LogP contribution in [0.1, 0.15) is 21.5 Å². The number of halogens is 5.